The zero-order valence-corrected chi connectivity index (χ0v) is 16.5. The van der Waals surface area contributed by atoms with E-state index in [2.05, 4.69) is 11.5 Å². The lowest BCUT2D eigenvalue weighted by molar-refractivity contribution is -0.696. The largest absolute Gasteiger partial charge is 0.469 e. The summed E-state index contributed by atoms with van der Waals surface area (Å²) in [6, 6.07) is 0. The molecule has 0 bridgehead atoms. The van der Waals surface area contributed by atoms with Gasteiger partial charge in [-0.05, 0) is 40.5 Å². The van der Waals surface area contributed by atoms with Crippen LogP contribution < -0.4 is 4.57 Å². The topological polar surface area (TPSA) is 61.4 Å². The fourth-order valence-corrected chi connectivity index (χ4v) is 3.01. The Morgan fingerprint density at radius 1 is 1.12 bits per heavy atom. The minimum Gasteiger partial charge on any atom is -0.469 e. The Balaban J connectivity index is 2.49. The molecule has 0 saturated carbocycles. The maximum absolute atomic E-state index is 12.4. The average Bonchev–Trinajstić information content (AvgIpc) is 2.98. The van der Waals surface area contributed by atoms with Crippen molar-refractivity contribution in [3.8, 4) is 0 Å². The number of aryl methyl sites for hydroxylation is 1. The van der Waals surface area contributed by atoms with Crippen LogP contribution in [0.1, 0.15) is 53.9 Å². The lowest BCUT2D eigenvalue weighted by Crippen LogP contribution is -2.37. The number of esters is 2. The first-order valence-corrected chi connectivity index (χ1v) is 8.93. The predicted octanol–water partition coefficient (Wildman–Crippen LogP) is 2.73. The Bertz CT molecular complexity index is 576. The van der Waals surface area contributed by atoms with Gasteiger partial charge in [0.1, 0.15) is 25.5 Å². The van der Waals surface area contributed by atoms with Gasteiger partial charge in [0.15, 0.2) is 0 Å². The molecule has 0 aliphatic rings. The molecule has 0 atom stereocenters. The van der Waals surface area contributed by atoms with Crippen molar-refractivity contribution in [1.82, 2.24) is 4.57 Å². The van der Waals surface area contributed by atoms with Crippen molar-refractivity contribution in [2.75, 3.05) is 13.7 Å². The van der Waals surface area contributed by atoms with Crippen molar-refractivity contribution in [2.24, 2.45) is 10.8 Å². The van der Waals surface area contributed by atoms with E-state index in [0.717, 1.165) is 19.4 Å². The Kier molecular flexibility index (Phi) is 7.64. The SMILES string of the molecule is CCCC[n+]1ccn(CCOC(=O)C(C)(C)CC(C)(C)C(=O)OC)c1. The van der Waals surface area contributed by atoms with Gasteiger partial charge < -0.3 is 9.47 Å². The molecule has 0 N–H and O–H groups in total. The number of unbranched alkanes of at least 4 members (excludes halogenated alkanes) is 1. The van der Waals surface area contributed by atoms with E-state index in [1.54, 1.807) is 27.7 Å². The Labute approximate surface area is 151 Å². The summed E-state index contributed by atoms with van der Waals surface area (Å²) in [5.74, 6) is -0.618. The molecular formula is C19H33N2O4+. The standard InChI is InChI=1S/C19H33N2O4/c1-7-8-9-20-10-11-21(15-20)12-13-25-17(23)19(4,5)14-18(2,3)16(22)24-6/h10-11,15H,7-9,12-14H2,1-6H3/q+1. The summed E-state index contributed by atoms with van der Waals surface area (Å²) in [4.78, 5) is 24.2. The Hall–Kier alpha value is -1.85. The van der Waals surface area contributed by atoms with E-state index in [9.17, 15) is 9.59 Å². The number of hydrogen-bond donors (Lipinski definition) is 0. The number of imidazole rings is 1. The summed E-state index contributed by atoms with van der Waals surface area (Å²) in [5.41, 5.74) is -1.49. The molecule has 6 heteroatoms. The van der Waals surface area contributed by atoms with Crippen molar-refractivity contribution in [1.29, 1.82) is 0 Å². The van der Waals surface area contributed by atoms with Gasteiger partial charge in [-0.3, -0.25) is 9.59 Å². The molecule has 0 aliphatic heterocycles. The molecule has 1 aromatic heterocycles. The fraction of sp³-hybridized carbons (Fsp3) is 0.737. The second-order valence-electron chi connectivity index (χ2n) is 7.81. The minimum absolute atomic E-state index is 0.296. The summed E-state index contributed by atoms with van der Waals surface area (Å²) in [6.07, 6.45) is 8.71. The Morgan fingerprint density at radius 3 is 2.36 bits per heavy atom. The first kappa shape index (κ1) is 21.2. The van der Waals surface area contributed by atoms with Crippen LogP contribution in [0.5, 0.6) is 0 Å². The number of carbonyl (C=O) groups is 2. The highest BCUT2D eigenvalue weighted by molar-refractivity contribution is 5.80. The molecule has 0 fully saturated rings. The van der Waals surface area contributed by atoms with E-state index in [1.165, 1.54) is 7.11 Å². The van der Waals surface area contributed by atoms with Gasteiger partial charge in [-0.15, -0.1) is 0 Å². The zero-order valence-electron chi connectivity index (χ0n) is 16.5. The van der Waals surface area contributed by atoms with Gasteiger partial charge in [0.2, 0.25) is 6.33 Å². The fourth-order valence-electron chi connectivity index (χ4n) is 3.01. The van der Waals surface area contributed by atoms with E-state index in [1.807, 2.05) is 23.3 Å². The van der Waals surface area contributed by atoms with Crippen LogP contribution in [0.15, 0.2) is 18.7 Å². The van der Waals surface area contributed by atoms with Gasteiger partial charge in [-0.2, -0.15) is 0 Å². The smallest absolute Gasteiger partial charge is 0.311 e. The van der Waals surface area contributed by atoms with Gasteiger partial charge in [0.05, 0.1) is 24.5 Å². The first-order valence-electron chi connectivity index (χ1n) is 8.93. The molecule has 1 aromatic rings. The normalized spacial score (nSPS) is 12.1. The Morgan fingerprint density at radius 2 is 1.76 bits per heavy atom. The van der Waals surface area contributed by atoms with Crippen LogP contribution in [0, 0.1) is 10.8 Å². The molecule has 0 aromatic carbocycles. The highest BCUT2D eigenvalue weighted by Crippen LogP contribution is 2.35. The van der Waals surface area contributed by atoms with Gasteiger partial charge in [-0.25, -0.2) is 9.13 Å². The molecule has 0 amide bonds. The molecule has 6 nitrogen and oxygen atoms in total. The van der Waals surface area contributed by atoms with Crippen LogP contribution in [-0.2, 0) is 32.2 Å². The second-order valence-corrected chi connectivity index (χ2v) is 7.81. The van der Waals surface area contributed by atoms with Crippen molar-refractivity contribution < 1.29 is 23.6 Å². The third-order valence-electron chi connectivity index (χ3n) is 4.27. The van der Waals surface area contributed by atoms with Crippen LogP contribution in [0.4, 0.5) is 0 Å². The first-order chi connectivity index (χ1) is 11.6. The van der Waals surface area contributed by atoms with E-state index in [4.69, 9.17) is 9.47 Å². The molecular weight excluding hydrogens is 320 g/mol. The maximum atomic E-state index is 12.4. The molecule has 142 valence electrons. The summed E-state index contributed by atoms with van der Waals surface area (Å²) < 4.78 is 14.4. The lowest BCUT2D eigenvalue weighted by atomic mass is 9.75. The number of ether oxygens (including phenoxy) is 2. The summed E-state index contributed by atoms with van der Waals surface area (Å²) in [6.45, 7) is 11.2. The quantitative estimate of drug-likeness (QED) is 0.479. The number of aromatic nitrogens is 2. The summed E-state index contributed by atoms with van der Waals surface area (Å²) in [7, 11) is 1.36. The third-order valence-corrected chi connectivity index (χ3v) is 4.27. The van der Waals surface area contributed by atoms with Gasteiger partial charge in [0.25, 0.3) is 0 Å². The molecule has 0 spiro atoms. The molecule has 1 rings (SSSR count). The van der Waals surface area contributed by atoms with Crippen molar-refractivity contribution in [2.45, 2.75) is 67.0 Å². The number of carbonyl (C=O) groups excluding carboxylic acids is 2. The van der Waals surface area contributed by atoms with Crippen molar-refractivity contribution in [3.05, 3.63) is 18.7 Å². The predicted molar refractivity (Wildman–Crippen MR) is 94.7 cm³/mol. The van der Waals surface area contributed by atoms with E-state index in [0.29, 0.717) is 19.6 Å². The van der Waals surface area contributed by atoms with Crippen LogP contribution in [-0.4, -0.2) is 30.2 Å². The third kappa shape index (κ3) is 6.52. The molecule has 0 unspecified atom stereocenters. The van der Waals surface area contributed by atoms with E-state index >= 15 is 0 Å². The van der Waals surface area contributed by atoms with Gasteiger partial charge in [0, 0.05) is 0 Å². The summed E-state index contributed by atoms with van der Waals surface area (Å²) >= 11 is 0. The van der Waals surface area contributed by atoms with Crippen LogP contribution in [0.25, 0.3) is 0 Å². The van der Waals surface area contributed by atoms with Gasteiger partial charge in [-0.1, -0.05) is 13.3 Å². The van der Waals surface area contributed by atoms with Crippen molar-refractivity contribution >= 4 is 11.9 Å². The van der Waals surface area contributed by atoms with Crippen LogP contribution >= 0.6 is 0 Å². The monoisotopic (exact) mass is 353 g/mol. The van der Waals surface area contributed by atoms with Crippen molar-refractivity contribution in [3.63, 3.8) is 0 Å². The molecule has 0 aliphatic carbocycles. The number of hydrogen-bond acceptors (Lipinski definition) is 4. The average molecular weight is 353 g/mol. The molecule has 25 heavy (non-hydrogen) atoms. The van der Waals surface area contributed by atoms with Crippen LogP contribution in [0.3, 0.4) is 0 Å². The molecule has 1 heterocycles. The van der Waals surface area contributed by atoms with Crippen LogP contribution in [0.2, 0.25) is 0 Å². The number of rotatable bonds is 10. The minimum atomic E-state index is -0.755. The lowest BCUT2D eigenvalue weighted by Gasteiger charge is -2.31. The zero-order chi connectivity index (χ0) is 19.1. The molecule has 0 saturated heterocycles. The molecule has 0 radical (unpaired) electrons. The highest BCUT2D eigenvalue weighted by atomic mass is 16.5. The maximum Gasteiger partial charge on any atom is 0.311 e. The van der Waals surface area contributed by atoms with E-state index in [-0.39, 0.29) is 11.9 Å². The number of nitrogens with zero attached hydrogens (tertiary/aromatic N) is 2. The number of methoxy groups -OCH3 is 1. The summed E-state index contributed by atoms with van der Waals surface area (Å²) in [5, 5.41) is 0. The second kappa shape index (κ2) is 9.02. The van der Waals surface area contributed by atoms with Gasteiger partial charge >= 0.3 is 11.9 Å². The van der Waals surface area contributed by atoms with E-state index < -0.39 is 10.8 Å². The highest BCUT2D eigenvalue weighted by Gasteiger charge is 2.40.